The number of methoxy groups -OCH3 is 1. The van der Waals surface area contributed by atoms with E-state index in [9.17, 15) is 10.1 Å². The summed E-state index contributed by atoms with van der Waals surface area (Å²) in [4.78, 5) is 12.4. The number of nitrogens with one attached hydrogen (secondary N) is 1. The Morgan fingerprint density at radius 3 is 2.69 bits per heavy atom. The van der Waals surface area contributed by atoms with Gasteiger partial charge in [0.2, 0.25) is 5.91 Å². The number of rotatable bonds is 10. The van der Waals surface area contributed by atoms with Gasteiger partial charge in [-0.25, -0.2) is 0 Å². The fraction of sp³-hybridized carbons (Fsp3) is 0.217. The van der Waals surface area contributed by atoms with Crippen molar-refractivity contribution in [3.05, 3.63) is 72.6 Å². The number of para-hydroxylation sites is 3. The molecular weight excluding hydrogens is 426 g/mol. The molecule has 3 rings (SSSR count). The second-order valence-electron chi connectivity index (χ2n) is 6.65. The zero-order chi connectivity index (χ0) is 22.9. The highest BCUT2D eigenvalue weighted by Gasteiger charge is 2.21. The van der Waals surface area contributed by atoms with Crippen LogP contribution in [0.2, 0.25) is 0 Å². The van der Waals surface area contributed by atoms with Crippen LogP contribution in [0.1, 0.15) is 24.4 Å². The lowest BCUT2D eigenvalue weighted by Crippen LogP contribution is -2.16. The molecule has 0 aliphatic rings. The first-order chi connectivity index (χ1) is 15.6. The van der Waals surface area contributed by atoms with Crippen molar-refractivity contribution in [3.63, 3.8) is 0 Å². The average Bonchev–Trinajstić information content (AvgIpc) is 3.21. The molecule has 0 bridgehead atoms. The molecule has 8 nitrogen and oxygen atoms in total. The van der Waals surface area contributed by atoms with Gasteiger partial charge in [-0.3, -0.25) is 9.36 Å². The van der Waals surface area contributed by atoms with Gasteiger partial charge in [0.15, 0.2) is 28.6 Å². The van der Waals surface area contributed by atoms with Crippen LogP contribution >= 0.6 is 11.8 Å². The topological polar surface area (TPSA) is 102 Å². The standard InChI is InChI=1S/C23H23N5O3S/c1-4-13-28-22(16(2)31-20-12-8-7-11-19(20)30-3)26-27-23(28)32-15-21(29)25-18-10-6-5-9-17(18)14-24/h4-12,16H,1,13,15H2,2-3H3,(H,25,29). The molecule has 1 aromatic heterocycles. The maximum absolute atomic E-state index is 12.4. The van der Waals surface area contributed by atoms with E-state index >= 15 is 0 Å². The Morgan fingerprint density at radius 1 is 1.25 bits per heavy atom. The van der Waals surface area contributed by atoms with Crippen LogP contribution in [-0.2, 0) is 11.3 Å². The first-order valence-electron chi connectivity index (χ1n) is 9.82. The molecule has 1 heterocycles. The summed E-state index contributed by atoms with van der Waals surface area (Å²) in [5.41, 5.74) is 0.887. The Labute approximate surface area is 190 Å². The predicted octanol–water partition coefficient (Wildman–Crippen LogP) is 4.22. The number of nitriles is 1. The number of hydrogen-bond donors (Lipinski definition) is 1. The van der Waals surface area contributed by atoms with E-state index in [0.29, 0.717) is 40.3 Å². The first-order valence-corrected chi connectivity index (χ1v) is 10.8. The Morgan fingerprint density at radius 2 is 1.97 bits per heavy atom. The molecule has 0 aliphatic heterocycles. The average molecular weight is 450 g/mol. The van der Waals surface area contributed by atoms with Gasteiger partial charge in [0, 0.05) is 6.54 Å². The maximum Gasteiger partial charge on any atom is 0.234 e. The van der Waals surface area contributed by atoms with Gasteiger partial charge in [-0.05, 0) is 31.2 Å². The summed E-state index contributed by atoms with van der Waals surface area (Å²) in [6.07, 6.45) is 1.32. The summed E-state index contributed by atoms with van der Waals surface area (Å²) in [6, 6.07) is 16.3. The lowest BCUT2D eigenvalue weighted by molar-refractivity contribution is -0.113. The van der Waals surface area contributed by atoms with Crippen LogP contribution in [0.5, 0.6) is 11.5 Å². The zero-order valence-corrected chi connectivity index (χ0v) is 18.6. The van der Waals surface area contributed by atoms with E-state index in [1.165, 1.54) is 11.8 Å². The molecule has 0 saturated carbocycles. The molecule has 0 saturated heterocycles. The smallest absolute Gasteiger partial charge is 0.234 e. The van der Waals surface area contributed by atoms with Crippen LogP contribution in [0.3, 0.4) is 0 Å². The molecular formula is C23H23N5O3S. The molecule has 32 heavy (non-hydrogen) atoms. The summed E-state index contributed by atoms with van der Waals surface area (Å²) >= 11 is 1.25. The summed E-state index contributed by atoms with van der Waals surface area (Å²) in [6.45, 7) is 6.13. The minimum Gasteiger partial charge on any atom is -0.493 e. The van der Waals surface area contributed by atoms with Gasteiger partial charge in [0.05, 0.1) is 24.1 Å². The van der Waals surface area contributed by atoms with Crippen molar-refractivity contribution >= 4 is 23.4 Å². The number of carbonyl (C=O) groups is 1. The number of aromatic nitrogens is 3. The van der Waals surface area contributed by atoms with Crippen molar-refractivity contribution in [1.29, 1.82) is 5.26 Å². The Kier molecular flexibility index (Phi) is 7.89. The second kappa shape index (κ2) is 11.0. The van der Waals surface area contributed by atoms with Gasteiger partial charge in [-0.15, -0.1) is 16.8 Å². The SMILES string of the molecule is C=CCn1c(SCC(=O)Nc2ccccc2C#N)nnc1C(C)Oc1ccccc1OC. The van der Waals surface area contributed by atoms with Crippen LogP contribution in [0.25, 0.3) is 0 Å². The van der Waals surface area contributed by atoms with E-state index in [2.05, 4.69) is 28.2 Å². The number of thioether (sulfide) groups is 1. The van der Waals surface area contributed by atoms with Crippen molar-refractivity contribution in [2.24, 2.45) is 0 Å². The molecule has 1 unspecified atom stereocenters. The minimum absolute atomic E-state index is 0.108. The summed E-state index contributed by atoms with van der Waals surface area (Å²) in [7, 11) is 1.59. The molecule has 1 N–H and O–H groups in total. The summed E-state index contributed by atoms with van der Waals surface area (Å²) in [5, 5.41) is 21.0. The fourth-order valence-corrected chi connectivity index (χ4v) is 3.73. The molecule has 0 fully saturated rings. The van der Waals surface area contributed by atoms with E-state index in [0.717, 1.165) is 0 Å². The molecule has 1 atom stereocenters. The van der Waals surface area contributed by atoms with Crippen molar-refractivity contribution < 1.29 is 14.3 Å². The number of allylic oxidation sites excluding steroid dienone is 1. The van der Waals surface area contributed by atoms with Crippen molar-refractivity contribution in [2.45, 2.75) is 24.7 Å². The van der Waals surface area contributed by atoms with Gasteiger partial charge < -0.3 is 14.8 Å². The molecule has 0 spiro atoms. The van der Waals surface area contributed by atoms with Crippen LogP contribution < -0.4 is 14.8 Å². The van der Waals surface area contributed by atoms with Gasteiger partial charge in [-0.2, -0.15) is 5.26 Å². The Balaban J connectivity index is 1.71. The lowest BCUT2D eigenvalue weighted by Gasteiger charge is -2.17. The number of anilines is 1. The third-order valence-corrected chi connectivity index (χ3v) is 5.41. The molecule has 2 aromatic carbocycles. The van der Waals surface area contributed by atoms with Crippen molar-refractivity contribution in [1.82, 2.24) is 14.8 Å². The van der Waals surface area contributed by atoms with E-state index in [-0.39, 0.29) is 11.7 Å². The van der Waals surface area contributed by atoms with E-state index in [1.807, 2.05) is 35.8 Å². The van der Waals surface area contributed by atoms with Crippen molar-refractivity contribution in [2.75, 3.05) is 18.2 Å². The first kappa shape index (κ1) is 22.9. The largest absolute Gasteiger partial charge is 0.493 e. The van der Waals surface area contributed by atoms with Crippen LogP contribution in [0.15, 0.2) is 66.3 Å². The molecule has 1 amide bonds. The summed E-state index contributed by atoms with van der Waals surface area (Å²) < 4.78 is 13.2. The highest BCUT2D eigenvalue weighted by molar-refractivity contribution is 7.99. The van der Waals surface area contributed by atoms with Gasteiger partial charge in [-0.1, -0.05) is 42.1 Å². The second-order valence-corrected chi connectivity index (χ2v) is 7.59. The quantitative estimate of drug-likeness (QED) is 0.365. The number of amides is 1. The van der Waals surface area contributed by atoms with Crippen LogP contribution in [0.4, 0.5) is 5.69 Å². The third kappa shape index (κ3) is 5.47. The van der Waals surface area contributed by atoms with E-state index in [4.69, 9.17) is 9.47 Å². The van der Waals surface area contributed by atoms with Gasteiger partial charge in [0.1, 0.15) is 6.07 Å². The predicted molar refractivity (Wildman–Crippen MR) is 123 cm³/mol. The number of benzene rings is 2. The maximum atomic E-state index is 12.4. The molecule has 164 valence electrons. The van der Waals surface area contributed by atoms with Gasteiger partial charge >= 0.3 is 0 Å². The number of ether oxygens (including phenoxy) is 2. The molecule has 0 aliphatic carbocycles. The monoisotopic (exact) mass is 449 g/mol. The summed E-state index contributed by atoms with van der Waals surface area (Å²) in [5.74, 6) is 1.69. The van der Waals surface area contributed by atoms with E-state index in [1.54, 1.807) is 37.5 Å². The highest BCUT2D eigenvalue weighted by atomic mass is 32.2. The van der Waals surface area contributed by atoms with Gasteiger partial charge in [0.25, 0.3) is 0 Å². The molecule has 0 radical (unpaired) electrons. The Bertz CT molecular complexity index is 1140. The van der Waals surface area contributed by atoms with Crippen LogP contribution in [0, 0.1) is 11.3 Å². The van der Waals surface area contributed by atoms with Crippen LogP contribution in [-0.4, -0.2) is 33.5 Å². The van der Waals surface area contributed by atoms with Crippen molar-refractivity contribution in [3.8, 4) is 17.6 Å². The van der Waals surface area contributed by atoms with E-state index < -0.39 is 6.10 Å². The third-order valence-electron chi connectivity index (χ3n) is 4.45. The number of carbonyl (C=O) groups excluding carboxylic acids is 1. The minimum atomic E-state index is -0.413. The zero-order valence-electron chi connectivity index (χ0n) is 17.8. The fourth-order valence-electron chi connectivity index (χ4n) is 2.97. The normalized spacial score (nSPS) is 11.3. The molecule has 3 aromatic rings. The number of nitrogens with zero attached hydrogens (tertiary/aromatic N) is 4. The molecule has 9 heteroatoms. The Hall–Kier alpha value is -3.77. The number of hydrogen-bond acceptors (Lipinski definition) is 7. The lowest BCUT2D eigenvalue weighted by atomic mass is 10.2. The highest BCUT2D eigenvalue weighted by Crippen LogP contribution is 2.31.